The summed E-state index contributed by atoms with van der Waals surface area (Å²) in [4.78, 5) is 45.3. The van der Waals surface area contributed by atoms with Gasteiger partial charge < -0.3 is 15.7 Å². The second kappa shape index (κ2) is 8.29. The van der Waals surface area contributed by atoms with E-state index in [1.165, 1.54) is 20.8 Å². The van der Waals surface area contributed by atoms with Crippen molar-refractivity contribution in [2.24, 2.45) is 5.92 Å². The zero-order chi connectivity index (χ0) is 15.9. The molecule has 0 aliphatic carbocycles. The molecule has 0 spiro atoms. The fourth-order valence-corrected chi connectivity index (χ4v) is 1.68. The van der Waals surface area contributed by atoms with E-state index >= 15 is 0 Å². The van der Waals surface area contributed by atoms with Crippen molar-refractivity contribution in [1.29, 1.82) is 0 Å². The zero-order valence-electron chi connectivity index (χ0n) is 12.2. The summed E-state index contributed by atoms with van der Waals surface area (Å²) in [6, 6.07) is -1.97. The van der Waals surface area contributed by atoms with E-state index < -0.39 is 35.8 Å². The summed E-state index contributed by atoms with van der Waals surface area (Å²) in [5, 5.41) is 14.0. The van der Waals surface area contributed by atoms with Gasteiger partial charge in [0.1, 0.15) is 11.8 Å². The van der Waals surface area contributed by atoms with Gasteiger partial charge in [0.15, 0.2) is 0 Å². The smallest absolute Gasteiger partial charge is 0.328 e. The quantitative estimate of drug-likeness (QED) is 0.547. The topological polar surface area (TPSA) is 113 Å². The average Bonchev–Trinajstić information content (AvgIpc) is 2.33. The van der Waals surface area contributed by atoms with Crippen molar-refractivity contribution in [3.05, 3.63) is 0 Å². The van der Waals surface area contributed by atoms with Crippen LogP contribution in [0, 0.1) is 5.92 Å². The van der Waals surface area contributed by atoms with Gasteiger partial charge in [0.25, 0.3) is 0 Å². The lowest BCUT2D eigenvalue weighted by Gasteiger charge is -2.26. The third-order valence-electron chi connectivity index (χ3n) is 2.96. The van der Waals surface area contributed by atoms with E-state index in [1.54, 1.807) is 0 Å². The number of rotatable bonds is 8. The van der Waals surface area contributed by atoms with Gasteiger partial charge in [-0.2, -0.15) is 0 Å². The predicted molar refractivity (Wildman–Crippen MR) is 71.9 cm³/mol. The molecule has 2 unspecified atom stereocenters. The second-order valence-electron chi connectivity index (χ2n) is 4.75. The summed E-state index contributed by atoms with van der Waals surface area (Å²) in [7, 11) is 0. The molecule has 0 bridgehead atoms. The number of Topliss-reactive ketones (excluding diaryl/α,β-unsaturated/α-hetero) is 1. The van der Waals surface area contributed by atoms with E-state index in [4.69, 9.17) is 5.11 Å². The molecule has 0 fully saturated rings. The zero-order valence-corrected chi connectivity index (χ0v) is 12.2. The molecule has 0 aromatic rings. The summed E-state index contributed by atoms with van der Waals surface area (Å²) < 4.78 is 0. The minimum absolute atomic E-state index is 0.302. The number of carboxylic acids is 1. The number of amides is 2. The molecule has 3 atom stereocenters. The SMILES string of the molecule is CCCC(NC(=O)C(C)C(C)=O)[C@H](NC(C)=O)C(=O)O. The summed E-state index contributed by atoms with van der Waals surface area (Å²) in [5.74, 6) is -3.40. The van der Waals surface area contributed by atoms with E-state index in [2.05, 4.69) is 10.6 Å². The minimum atomic E-state index is -1.23. The Balaban J connectivity index is 5.00. The molecule has 2 amide bonds. The molecule has 114 valence electrons. The van der Waals surface area contributed by atoms with Crippen LogP contribution in [0.2, 0.25) is 0 Å². The van der Waals surface area contributed by atoms with Crippen LogP contribution < -0.4 is 10.6 Å². The van der Waals surface area contributed by atoms with Crippen molar-refractivity contribution in [2.75, 3.05) is 0 Å². The molecule has 0 aromatic heterocycles. The van der Waals surface area contributed by atoms with E-state index in [-0.39, 0.29) is 5.78 Å². The third kappa shape index (κ3) is 5.81. The van der Waals surface area contributed by atoms with Gasteiger partial charge in [0.05, 0.1) is 12.0 Å². The van der Waals surface area contributed by atoms with Gasteiger partial charge in [0.2, 0.25) is 11.8 Å². The molecule has 0 saturated carbocycles. The number of nitrogens with one attached hydrogen (secondary N) is 2. The fourth-order valence-electron chi connectivity index (χ4n) is 1.68. The van der Waals surface area contributed by atoms with Crippen LogP contribution in [-0.2, 0) is 19.2 Å². The standard InChI is InChI=1S/C13H22N2O5/c1-5-6-10(11(13(19)20)14-9(4)17)15-12(18)7(2)8(3)16/h7,10-11H,5-6H2,1-4H3,(H,14,17)(H,15,18)(H,19,20)/t7?,10?,11-/m0/s1. The van der Waals surface area contributed by atoms with Gasteiger partial charge in [-0.15, -0.1) is 0 Å². The molecule has 20 heavy (non-hydrogen) atoms. The highest BCUT2D eigenvalue weighted by Crippen LogP contribution is 2.06. The van der Waals surface area contributed by atoms with Crippen molar-refractivity contribution >= 4 is 23.6 Å². The average molecular weight is 286 g/mol. The highest BCUT2D eigenvalue weighted by molar-refractivity contribution is 6.00. The molecule has 0 aromatic carbocycles. The predicted octanol–water partition coefficient (Wildman–Crippen LogP) is 0.0857. The van der Waals surface area contributed by atoms with Crippen LogP contribution in [0.15, 0.2) is 0 Å². The lowest BCUT2D eigenvalue weighted by molar-refractivity contribution is -0.143. The first-order valence-electron chi connectivity index (χ1n) is 6.51. The molecular weight excluding hydrogens is 264 g/mol. The van der Waals surface area contributed by atoms with Crippen LogP contribution in [-0.4, -0.2) is 40.8 Å². The normalized spacial score (nSPS) is 14.8. The van der Waals surface area contributed by atoms with Crippen LogP contribution in [0.5, 0.6) is 0 Å². The van der Waals surface area contributed by atoms with Crippen molar-refractivity contribution in [1.82, 2.24) is 10.6 Å². The maximum atomic E-state index is 11.8. The van der Waals surface area contributed by atoms with Gasteiger partial charge in [-0.05, 0) is 20.3 Å². The number of carbonyl (C=O) groups is 4. The van der Waals surface area contributed by atoms with Crippen LogP contribution >= 0.6 is 0 Å². The van der Waals surface area contributed by atoms with Crippen molar-refractivity contribution < 1.29 is 24.3 Å². The van der Waals surface area contributed by atoms with Crippen LogP contribution in [0.1, 0.15) is 40.5 Å². The van der Waals surface area contributed by atoms with Crippen LogP contribution in [0.3, 0.4) is 0 Å². The summed E-state index contributed by atoms with van der Waals surface area (Å²) in [6.45, 7) is 5.79. The first-order chi connectivity index (χ1) is 9.20. The first kappa shape index (κ1) is 18.1. The highest BCUT2D eigenvalue weighted by atomic mass is 16.4. The van der Waals surface area contributed by atoms with Crippen molar-refractivity contribution in [3.8, 4) is 0 Å². The Hall–Kier alpha value is -1.92. The maximum Gasteiger partial charge on any atom is 0.328 e. The number of aliphatic carboxylic acids is 1. The van der Waals surface area contributed by atoms with Gasteiger partial charge in [-0.3, -0.25) is 14.4 Å². The summed E-state index contributed by atoms with van der Waals surface area (Å²) >= 11 is 0. The Bertz CT molecular complexity index is 394. The Morgan fingerprint density at radius 2 is 1.65 bits per heavy atom. The van der Waals surface area contributed by atoms with Crippen molar-refractivity contribution in [3.63, 3.8) is 0 Å². The maximum absolute atomic E-state index is 11.8. The van der Waals surface area contributed by atoms with E-state index in [1.807, 2.05) is 6.92 Å². The van der Waals surface area contributed by atoms with Gasteiger partial charge in [-0.1, -0.05) is 13.3 Å². The van der Waals surface area contributed by atoms with Gasteiger partial charge in [-0.25, -0.2) is 4.79 Å². The van der Waals surface area contributed by atoms with Crippen LogP contribution in [0.4, 0.5) is 0 Å². The Kier molecular flexibility index (Phi) is 7.49. The Labute approximate surface area is 118 Å². The van der Waals surface area contributed by atoms with Gasteiger partial charge in [0, 0.05) is 6.92 Å². The Morgan fingerprint density at radius 3 is 2.00 bits per heavy atom. The number of ketones is 1. The molecule has 0 radical (unpaired) electrons. The first-order valence-corrected chi connectivity index (χ1v) is 6.51. The largest absolute Gasteiger partial charge is 0.480 e. The second-order valence-corrected chi connectivity index (χ2v) is 4.75. The van der Waals surface area contributed by atoms with Crippen LogP contribution in [0.25, 0.3) is 0 Å². The molecule has 0 aliphatic rings. The Morgan fingerprint density at radius 1 is 1.10 bits per heavy atom. The number of hydrogen-bond acceptors (Lipinski definition) is 4. The minimum Gasteiger partial charge on any atom is -0.480 e. The van der Waals surface area contributed by atoms with E-state index in [0.29, 0.717) is 12.8 Å². The van der Waals surface area contributed by atoms with E-state index in [0.717, 1.165) is 0 Å². The number of carbonyl (C=O) groups excluding carboxylic acids is 3. The highest BCUT2D eigenvalue weighted by Gasteiger charge is 2.31. The molecular formula is C13H22N2O5. The van der Waals surface area contributed by atoms with Crippen molar-refractivity contribution in [2.45, 2.75) is 52.6 Å². The lowest BCUT2D eigenvalue weighted by Crippen LogP contribution is -2.56. The molecule has 0 aliphatic heterocycles. The molecule has 7 heteroatoms. The summed E-state index contributed by atoms with van der Waals surface area (Å²) in [5.41, 5.74) is 0. The molecule has 3 N–H and O–H groups in total. The molecule has 7 nitrogen and oxygen atoms in total. The summed E-state index contributed by atoms with van der Waals surface area (Å²) in [6.07, 6.45) is 1.01. The van der Waals surface area contributed by atoms with E-state index in [9.17, 15) is 19.2 Å². The monoisotopic (exact) mass is 286 g/mol. The number of carboxylic acid groups (broad SMARTS) is 1. The number of hydrogen-bond donors (Lipinski definition) is 3. The third-order valence-corrected chi connectivity index (χ3v) is 2.96. The molecule has 0 heterocycles. The lowest BCUT2D eigenvalue weighted by atomic mass is 10.0. The molecule has 0 saturated heterocycles. The molecule has 0 rings (SSSR count). The fraction of sp³-hybridized carbons (Fsp3) is 0.692. The van der Waals surface area contributed by atoms with Gasteiger partial charge >= 0.3 is 5.97 Å².